The molecule has 0 amide bonds. The Labute approximate surface area is 142 Å². The zero-order chi connectivity index (χ0) is 16.2. The lowest BCUT2D eigenvalue weighted by Gasteiger charge is -2.09. The fraction of sp³-hybridized carbons (Fsp3) is 0.111. The van der Waals surface area contributed by atoms with Crippen molar-refractivity contribution in [3.8, 4) is 0 Å². The topological polar surface area (TPSA) is 57.8 Å². The summed E-state index contributed by atoms with van der Waals surface area (Å²) in [5.74, 6) is 0.447. The van der Waals surface area contributed by atoms with Crippen molar-refractivity contribution < 1.29 is 0 Å². The molecule has 0 saturated heterocycles. The molecule has 0 atom stereocenters. The minimum atomic E-state index is -0.112. The van der Waals surface area contributed by atoms with Crippen LogP contribution in [0.3, 0.4) is 0 Å². The summed E-state index contributed by atoms with van der Waals surface area (Å²) in [5.41, 5.74) is 3.26. The second kappa shape index (κ2) is 6.79. The summed E-state index contributed by atoms with van der Waals surface area (Å²) < 4.78 is 0.960. The Morgan fingerprint density at radius 3 is 2.61 bits per heavy atom. The van der Waals surface area contributed by atoms with Gasteiger partial charge >= 0.3 is 0 Å². The molecule has 2 N–H and O–H groups in total. The number of benzene rings is 2. The highest BCUT2D eigenvalue weighted by Crippen LogP contribution is 2.18. The first-order chi connectivity index (χ1) is 11.1. The van der Waals surface area contributed by atoms with Gasteiger partial charge in [0, 0.05) is 22.1 Å². The van der Waals surface area contributed by atoms with Crippen LogP contribution in [0, 0.1) is 6.92 Å². The van der Waals surface area contributed by atoms with Crippen LogP contribution in [-0.2, 0) is 6.42 Å². The van der Waals surface area contributed by atoms with Gasteiger partial charge in [-0.15, -0.1) is 0 Å². The van der Waals surface area contributed by atoms with Gasteiger partial charge in [0.05, 0.1) is 5.69 Å². The number of nitrogens with one attached hydrogen (secondary N) is 2. The Kier molecular flexibility index (Phi) is 4.57. The van der Waals surface area contributed by atoms with Gasteiger partial charge in [0.15, 0.2) is 0 Å². The van der Waals surface area contributed by atoms with E-state index in [1.807, 2.05) is 61.5 Å². The number of halogens is 1. The lowest BCUT2D eigenvalue weighted by Crippen LogP contribution is -2.18. The van der Waals surface area contributed by atoms with Crippen molar-refractivity contribution in [2.45, 2.75) is 13.3 Å². The first-order valence-electron chi connectivity index (χ1n) is 7.28. The number of hydrogen-bond donors (Lipinski definition) is 2. The molecule has 4 nitrogen and oxygen atoms in total. The molecule has 3 rings (SSSR count). The maximum atomic E-state index is 12.4. The van der Waals surface area contributed by atoms with Gasteiger partial charge in [0.1, 0.15) is 0 Å². The molecule has 5 heteroatoms. The van der Waals surface area contributed by atoms with Crippen molar-refractivity contribution in [3.05, 3.63) is 86.2 Å². The molecule has 1 aromatic heterocycles. The number of nitrogens with zero attached hydrogens (tertiary/aromatic N) is 1. The average Bonchev–Trinajstić information content (AvgIpc) is 2.52. The highest BCUT2D eigenvalue weighted by molar-refractivity contribution is 9.10. The maximum Gasteiger partial charge on any atom is 0.256 e. The molecule has 0 aliphatic rings. The summed E-state index contributed by atoms with van der Waals surface area (Å²) in [6, 6.07) is 17.6. The maximum absolute atomic E-state index is 12.4. The molecular formula is C18H16BrN3O. The zero-order valence-electron chi connectivity index (χ0n) is 12.6. The standard InChI is InChI=1S/C18H16BrN3O/c1-12-16(10-13-6-3-2-4-7-13)17(23)22-18(20-12)21-15-9-5-8-14(19)11-15/h2-9,11H,10H2,1H3,(H2,20,21,22,23). The highest BCUT2D eigenvalue weighted by Gasteiger charge is 2.09. The van der Waals surface area contributed by atoms with E-state index in [9.17, 15) is 4.79 Å². The second-order valence-corrected chi connectivity index (χ2v) is 6.19. The van der Waals surface area contributed by atoms with Gasteiger partial charge in [0.2, 0.25) is 5.95 Å². The number of aryl methyl sites for hydroxylation is 1. The molecule has 0 aliphatic heterocycles. The first-order valence-corrected chi connectivity index (χ1v) is 8.07. The van der Waals surface area contributed by atoms with Crippen LogP contribution in [0.25, 0.3) is 0 Å². The van der Waals surface area contributed by atoms with Crippen LogP contribution in [0.1, 0.15) is 16.8 Å². The van der Waals surface area contributed by atoms with Gasteiger partial charge in [-0.25, -0.2) is 4.98 Å². The van der Waals surface area contributed by atoms with Crippen LogP contribution in [0.5, 0.6) is 0 Å². The Hall–Kier alpha value is -2.40. The van der Waals surface area contributed by atoms with Crippen LogP contribution in [0.15, 0.2) is 63.9 Å². The molecule has 0 aliphatic carbocycles. The van der Waals surface area contributed by atoms with E-state index in [4.69, 9.17) is 0 Å². The van der Waals surface area contributed by atoms with Gasteiger partial charge in [0.25, 0.3) is 5.56 Å². The Morgan fingerprint density at radius 1 is 1.13 bits per heavy atom. The van der Waals surface area contributed by atoms with Crippen LogP contribution in [-0.4, -0.2) is 9.97 Å². The summed E-state index contributed by atoms with van der Waals surface area (Å²) in [7, 11) is 0. The number of H-pyrrole nitrogens is 1. The molecule has 0 saturated carbocycles. The summed E-state index contributed by atoms with van der Waals surface area (Å²) in [6.07, 6.45) is 0.576. The van der Waals surface area contributed by atoms with Crippen molar-refractivity contribution in [1.29, 1.82) is 0 Å². The molecule has 0 fully saturated rings. The molecule has 0 bridgehead atoms. The van der Waals surface area contributed by atoms with Crippen LogP contribution >= 0.6 is 15.9 Å². The molecule has 0 unspecified atom stereocenters. The second-order valence-electron chi connectivity index (χ2n) is 5.28. The summed E-state index contributed by atoms with van der Waals surface area (Å²) in [4.78, 5) is 19.7. The lowest BCUT2D eigenvalue weighted by molar-refractivity contribution is 0.986. The van der Waals surface area contributed by atoms with E-state index < -0.39 is 0 Å². The van der Waals surface area contributed by atoms with Crippen LogP contribution in [0.2, 0.25) is 0 Å². The molecule has 0 radical (unpaired) electrons. The van der Waals surface area contributed by atoms with Crippen LogP contribution in [0.4, 0.5) is 11.6 Å². The van der Waals surface area contributed by atoms with Crippen molar-refractivity contribution in [2.24, 2.45) is 0 Å². The van der Waals surface area contributed by atoms with Crippen molar-refractivity contribution in [2.75, 3.05) is 5.32 Å². The molecule has 3 aromatic rings. The van der Waals surface area contributed by atoms with E-state index in [0.717, 1.165) is 21.4 Å². The number of hydrogen-bond acceptors (Lipinski definition) is 3. The monoisotopic (exact) mass is 369 g/mol. The van der Waals surface area contributed by atoms with E-state index in [1.54, 1.807) is 0 Å². The van der Waals surface area contributed by atoms with Gasteiger partial charge < -0.3 is 5.32 Å². The molecule has 23 heavy (non-hydrogen) atoms. The number of aromatic amines is 1. The van der Waals surface area contributed by atoms with Crippen molar-refractivity contribution in [3.63, 3.8) is 0 Å². The normalized spacial score (nSPS) is 10.5. The van der Waals surface area contributed by atoms with Gasteiger partial charge in [-0.2, -0.15) is 0 Å². The van der Waals surface area contributed by atoms with Gasteiger partial charge in [-0.3, -0.25) is 9.78 Å². The van der Waals surface area contributed by atoms with E-state index in [1.165, 1.54) is 0 Å². The number of aromatic nitrogens is 2. The molecule has 116 valence electrons. The van der Waals surface area contributed by atoms with Gasteiger partial charge in [-0.1, -0.05) is 52.3 Å². The Bertz CT molecular complexity index is 875. The largest absolute Gasteiger partial charge is 0.326 e. The van der Waals surface area contributed by atoms with Crippen LogP contribution < -0.4 is 10.9 Å². The van der Waals surface area contributed by atoms with E-state index in [2.05, 4.69) is 31.2 Å². The third-order valence-corrected chi connectivity index (χ3v) is 4.03. The van der Waals surface area contributed by atoms with Gasteiger partial charge in [-0.05, 0) is 30.7 Å². The quantitative estimate of drug-likeness (QED) is 0.725. The fourth-order valence-electron chi connectivity index (χ4n) is 2.38. The first kappa shape index (κ1) is 15.5. The minimum absolute atomic E-state index is 0.112. The minimum Gasteiger partial charge on any atom is -0.326 e. The number of anilines is 2. The van der Waals surface area contributed by atoms with E-state index >= 15 is 0 Å². The van der Waals surface area contributed by atoms with Crippen molar-refractivity contribution in [1.82, 2.24) is 9.97 Å². The molecule has 1 heterocycles. The van der Waals surface area contributed by atoms with E-state index in [0.29, 0.717) is 17.9 Å². The fourth-order valence-corrected chi connectivity index (χ4v) is 2.78. The third-order valence-electron chi connectivity index (χ3n) is 3.53. The van der Waals surface area contributed by atoms with E-state index in [-0.39, 0.29) is 5.56 Å². The predicted molar refractivity (Wildman–Crippen MR) is 96.3 cm³/mol. The third kappa shape index (κ3) is 3.87. The molecule has 0 spiro atoms. The Balaban J connectivity index is 1.87. The molecule has 2 aromatic carbocycles. The summed E-state index contributed by atoms with van der Waals surface area (Å²) in [6.45, 7) is 1.86. The Morgan fingerprint density at radius 2 is 1.91 bits per heavy atom. The summed E-state index contributed by atoms with van der Waals surface area (Å²) in [5, 5.41) is 3.12. The average molecular weight is 370 g/mol. The number of rotatable bonds is 4. The summed E-state index contributed by atoms with van der Waals surface area (Å²) >= 11 is 3.42. The smallest absolute Gasteiger partial charge is 0.256 e. The van der Waals surface area contributed by atoms with Crippen molar-refractivity contribution >= 4 is 27.6 Å². The highest BCUT2D eigenvalue weighted by atomic mass is 79.9. The lowest BCUT2D eigenvalue weighted by atomic mass is 10.1. The molecular weight excluding hydrogens is 354 g/mol. The predicted octanol–water partition coefficient (Wildman–Crippen LogP) is 4.18. The SMILES string of the molecule is Cc1nc(Nc2cccc(Br)c2)[nH]c(=O)c1Cc1ccccc1. The zero-order valence-corrected chi connectivity index (χ0v) is 14.2.